The minimum Gasteiger partial charge on any atom is -0.239 e. The second-order valence-electron chi connectivity index (χ2n) is 11.5. The van der Waals surface area contributed by atoms with Crippen LogP contribution in [0.2, 0.25) is 0 Å². The maximum atomic E-state index is 5.11. The number of hydrogen-bond acceptors (Lipinski definition) is 3. The minimum absolute atomic E-state index is 0.0363. The fourth-order valence-corrected chi connectivity index (χ4v) is 5.73. The molecule has 1 atom stereocenters. The van der Waals surface area contributed by atoms with Crippen LogP contribution in [0.5, 0.6) is 0 Å². The van der Waals surface area contributed by atoms with Crippen molar-refractivity contribution in [1.29, 1.82) is 0 Å². The molecule has 0 bridgehead atoms. The predicted octanol–water partition coefficient (Wildman–Crippen LogP) is 10.5. The first-order chi connectivity index (χ1) is 20.4. The number of rotatable bonds is 19. The lowest BCUT2D eigenvalue weighted by atomic mass is 10.0. The highest BCUT2D eigenvalue weighted by Crippen LogP contribution is 2.30. The summed E-state index contributed by atoms with van der Waals surface area (Å²) in [6.45, 7) is 2.29. The third-order valence-electron chi connectivity index (χ3n) is 8.11. The van der Waals surface area contributed by atoms with Gasteiger partial charge >= 0.3 is 0 Å². The normalized spacial score (nSPS) is 15.0. The number of amidine groups is 1. The van der Waals surface area contributed by atoms with Gasteiger partial charge in [0.25, 0.3) is 0 Å². The van der Waals surface area contributed by atoms with Gasteiger partial charge in [0, 0.05) is 5.56 Å². The van der Waals surface area contributed by atoms with E-state index in [2.05, 4.69) is 102 Å². The molecular formula is C37H51N4. The van der Waals surface area contributed by atoms with Gasteiger partial charge in [-0.2, -0.15) is 0 Å². The lowest BCUT2D eigenvalue weighted by Crippen LogP contribution is -2.56. The van der Waals surface area contributed by atoms with Crippen molar-refractivity contribution in [3.05, 3.63) is 96.6 Å². The van der Waals surface area contributed by atoms with E-state index in [9.17, 15) is 0 Å². The fourth-order valence-electron chi connectivity index (χ4n) is 5.73. The summed E-state index contributed by atoms with van der Waals surface area (Å²) >= 11 is 0. The molecule has 0 aliphatic carbocycles. The summed E-state index contributed by atoms with van der Waals surface area (Å²) in [5.41, 5.74) is 8.34. The average Bonchev–Trinajstić information content (AvgIpc) is 3.04. The Morgan fingerprint density at radius 3 is 1.39 bits per heavy atom. The lowest BCUT2D eigenvalue weighted by molar-refractivity contribution is 0.454. The number of unbranched alkanes of at least 4 members (excludes halogenated alkanes) is 14. The Bertz CT molecular complexity index is 1100. The zero-order valence-corrected chi connectivity index (χ0v) is 25.3. The van der Waals surface area contributed by atoms with Gasteiger partial charge in [-0.25, -0.2) is 10.0 Å². The van der Waals surface area contributed by atoms with Crippen LogP contribution in [-0.4, -0.2) is 12.0 Å². The Balaban J connectivity index is 1.28. The van der Waals surface area contributed by atoms with Gasteiger partial charge in [-0.3, -0.25) is 0 Å². The van der Waals surface area contributed by atoms with Crippen molar-refractivity contribution >= 4 is 17.2 Å². The standard InChI is InChI=1S/C37H51N4/c1-2-3-4-5-6-7-8-9-10-11-12-13-14-15-25-32-36-40(34-28-21-17-22-29-34)38-37(33-26-19-16-20-27-33)39-41(36)35-30-23-18-24-31-35/h16-24,26-31,36H,2-15,25,32H2,1H3. The van der Waals surface area contributed by atoms with E-state index in [1.165, 1.54) is 96.3 Å². The highest BCUT2D eigenvalue weighted by atomic mass is 15.7. The molecule has 41 heavy (non-hydrogen) atoms. The molecule has 1 radical (unpaired) electrons. The van der Waals surface area contributed by atoms with Gasteiger partial charge in [-0.1, -0.05) is 164 Å². The summed E-state index contributed by atoms with van der Waals surface area (Å²) in [6.07, 6.45) is 21.7. The number of nitrogens with zero attached hydrogens (tertiary/aromatic N) is 4. The molecule has 0 saturated carbocycles. The highest BCUT2D eigenvalue weighted by molar-refractivity contribution is 6.00. The smallest absolute Gasteiger partial charge is 0.199 e. The molecule has 0 aromatic heterocycles. The van der Waals surface area contributed by atoms with Crippen LogP contribution >= 0.6 is 0 Å². The fraction of sp³-hybridized carbons (Fsp3) is 0.486. The van der Waals surface area contributed by atoms with Gasteiger partial charge in [0.1, 0.15) is 6.17 Å². The van der Waals surface area contributed by atoms with Crippen LogP contribution in [0, 0.1) is 0 Å². The van der Waals surface area contributed by atoms with Gasteiger partial charge in [-0.15, -0.1) is 10.5 Å². The topological polar surface area (TPSA) is 32.9 Å². The maximum Gasteiger partial charge on any atom is 0.199 e. The van der Waals surface area contributed by atoms with Crippen molar-refractivity contribution in [2.24, 2.45) is 5.10 Å². The van der Waals surface area contributed by atoms with Gasteiger partial charge in [0.05, 0.1) is 11.4 Å². The van der Waals surface area contributed by atoms with Crippen LogP contribution in [0.25, 0.3) is 0 Å². The van der Waals surface area contributed by atoms with E-state index >= 15 is 0 Å². The molecule has 0 amide bonds. The van der Waals surface area contributed by atoms with Crippen molar-refractivity contribution in [1.82, 2.24) is 5.43 Å². The van der Waals surface area contributed by atoms with E-state index in [1.54, 1.807) is 0 Å². The molecule has 0 spiro atoms. The van der Waals surface area contributed by atoms with Crippen LogP contribution in [0.3, 0.4) is 0 Å². The first-order valence-electron chi connectivity index (χ1n) is 16.4. The minimum atomic E-state index is 0.0363. The molecular weight excluding hydrogens is 500 g/mol. The van der Waals surface area contributed by atoms with Crippen LogP contribution in [0.15, 0.2) is 96.1 Å². The van der Waals surface area contributed by atoms with E-state index in [4.69, 9.17) is 10.5 Å². The van der Waals surface area contributed by atoms with Crippen LogP contribution < -0.4 is 15.4 Å². The molecule has 4 nitrogen and oxygen atoms in total. The first kappa shape index (κ1) is 30.7. The molecule has 4 heteroatoms. The molecule has 3 aromatic rings. The monoisotopic (exact) mass is 551 g/mol. The molecule has 1 unspecified atom stereocenters. The average molecular weight is 552 g/mol. The van der Waals surface area contributed by atoms with Gasteiger partial charge in [0.15, 0.2) is 5.84 Å². The van der Waals surface area contributed by atoms with Gasteiger partial charge < -0.3 is 0 Å². The molecule has 1 aliphatic rings. The summed E-state index contributed by atoms with van der Waals surface area (Å²) in [7, 11) is 0. The number of hydrogen-bond donors (Lipinski definition) is 0. The Morgan fingerprint density at radius 2 is 0.902 bits per heavy atom. The van der Waals surface area contributed by atoms with Crippen molar-refractivity contribution in [2.45, 2.75) is 116 Å². The molecule has 0 fully saturated rings. The Morgan fingerprint density at radius 1 is 0.488 bits per heavy atom. The van der Waals surface area contributed by atoms with Gasteiger partial charge in [0.2, 0.25) is 0 Å². The third-order valence-corrected chi connectivity index (χ3v) is 8.11. The summed E-state index contributed by atoms with van der Waals surface area (Å²) in [5.74, 6) is 0.742. The largest absolute Gasteiger partial charge is 0.239 e. The van der Waals surface area contributed by atoms with E-state index in [1.807, 2.05) is 6.07 Å². The molecule has 0 N–H and O–H groups in total. The molecule has 0 saturated heterocycles. The molecule has 3 aromatic carbocycles. The molecule has 1 aliphatic heterocycles. The quantitative estimate of drug-likeness (QED) is 0.139. The summed E-state index contributed by atoms with van der Waals surface area (Å²) in [4.78, 5) is 0. The summed E-state index contributed by atoms with van der Waals surface area (Å²) < 4.78 is 0. The number of hydrazone groups is 1. The maximum absolute atomic E-state index is 5.11. The number of benzene rings is 3. The van der Waals surface area contributed by atoms with Crippen LogP contribution in [0.1, 0.15) is 115 Å². The third kappa shape index (κ3) is 10.3. The molecule has 219 valence electrons. The summed E-state index contributed by atoms with van der Waals surface area (Å²) in [5, 5.41) is 9.48. The number of anilines is 2. The van der Waals surface area contributed by atoms with Crippen LogP contribution in [0.4, 0.5) is 11.4 Å². The Labute approximate surface area is 249 Å². The lowest BCUT2D eigenvalue weighted by Gasteiger charge is -2.42. The summed E-state index contributed by atoms with van der Waals surface area (Å²) in [6, 6.07) is 31.4. The molecule has 1 heterocycles. The Kier molecular flexibility index (Phi) is 13.6. The van der Waals surface area contributed by atoms with Crippen molar-refractivity contribution < 1.29 is 0 Å². The molecule has 4 rings (SSSR count). The zero-order chi connectivity index (χ0) is 28.4. The van der Waals surface area contributed by atoms with E-state index in [0.717, 1.165) is 29.2 Å². The van der Waals surface area contributed by atoms with Crippen molar-refractivity contribution in [2.75, 3.05) is 10.0 Å². The SMILES string of the molecule is CCCCCCCCCCCCCCCCCC1N(c2ccccc2)[N]C(c2ccccc2)=NN1c1ccccc1. The second-order valence-corrected chi connectivity index (χ2v) is 11.5. The van der Waals surface area contributed by atoms with E-state index in [0.29, 0.717) is 0 Å². The van der Waals surface area contributed by atoms with Crippen molar-refractivity contribution in [3.63, 3.8) is 0 Å². The van der Waals surface area contributed by atoms with Gasteiger partial charge in [-0.05, 0) is 37.1 Å². The van der Waals surface area contributed by atoms with E-state index in [-0.39, 0.29) is 6.17 Å². The van der Waals surface area contributed by atoms with Crippen molar-refractivity contribution in [3.8, 4) is 0 Å². The highest BCUT2D eigenvalue weighted by Gasteiger charge is 2.33. The number of para-hydroxylation sites is 2. The Hall–Kier alpha value is -3.27. The predicted molar refractivity (Wildman–Crippen MR) is 176 cm³/mol. The van der Waals surface area contributed by atoms with Crippen LogP contribution in [-0.2, 0) is 0 Å². The second kappa shape index (κ2) is 18.2. The first-order valence-corrected chi connectivity index (χ1v) is 16.4. The zero-order valence-electron chi connectivity index (χ0n) is 25.3. The van der Waals surface area contributed by atoms with E-state index < -0.39 is 0 Å².